The van der Waals surface area contributed by atoms with Crippen LogP contribution in [0.25, 0.3) is 0 Å². The molecule has 1 aromatic heterocycles. The molecule has 1 heterocycles. The van der Waals surface area contributed by atoms with Crippen LogP contribution in [0.5, 0.6) is 0 Å². The zero-order chi connectivity index (χ0) is 8.85. The van der Waals surface area contributed by atoms with Gasteiger partial charge in [0.15, 0.2) is 0 Å². The Labute approximate surface area is 69.5 Å². The molecule has 0 radical (unpaired) electrons. The zero-order valence-corrected chi connectivity index (χ0v) is 8.10. The number of hydrogen-bond acceptors (Lipinski definition) is 1. The van der Waals surface area contributed by atoms with Crippen molar-refractivity contribution in [3.05, 3.63) is 29.1 Å². The van der Waals surface area contributed by atoms with Gasteiger partial charge in [-0.2, -0.15) is 0 Å². The van der Waals surface area contributed by atoms with Crippen LogP contribution in [0.1, 0.15) is 30.8 Å². The maximum atomic E-state index is 4.23. The molecule has 0 atom stereocenters. The highest BCUT2D eigenvalue weighted by Crippen LogP contribution is 2.01. The second kappa shape index (κ2) is 4.89. The Hall–Kier alpha value is -0.850. The van der Waals surface area contributed by atoms with Gasteiger partial charge < -0.3 is 0 Å². The van der Waals surface area contributed by atoms with E-state index in [0.717, 1.165) is 11.4 Å². The molecule has 11 heavy (non-hydrogen) atoms. The highest BCUT2D eigenvalue weighted by atomic mass is 14.7. The normalized spacial score (nSPS) is 8.45. The smallest absolute Gasteiger partial charge is 0.0378 e. The van der Waals surface area contributed by atoms with Crippen molar-refractivity contribution in [1.29, 1.82) is 0 Å². The molecule has 62 valence electrons. The van der Waals surface area contributed by atoms with Crippen LogP contribution in [0.15, 0.2) is 12.1 Å². The fourth-order valence-electron chi connectivity index (χ4n) is 1.04. The fraction of sp³-hybridized carbons (Fsp3) is 0.500. The van der Waals surface area contributed by atoms with Crippen molar-refractivity contribution >= 4 is 0 Å². The van der Waals surface area contributed by atoms with E-state index in [1.807, 2.05) is 27.7 Å². The topological polar surface area (TPSA) is 12.9 Å². The molecule has 0 N–H and O–H groups in total. The van der Waals surface area contributed by atoms with Gasteiger partial charge in [-0.1, -0.05) is 13.8 Å². The molecule has 0 bridgehead atoms. The van der Waals surface area contributed by atoms with Crippen LogP contribution >= 0.6 is 0 Å². The third-order valence-electron chi connectivity index (χ3n) is 1.23. The summed E-state index contributed by atoms with van der Waals surface area (Å²) in [5.74, 6) is 0. The molecule has 0 aliphatic carbocycles. The molecule has 0 saturated heterocycles. The molecule has 1 aromatic rings. The fourth-order valence-corrected chi connectivity index (χ4v) is 1.04. The van der Waals surface area contributed by atoms with Crippen molar-refractivity contribution < 1.29 is 0 Å². The maximum absolute atomic E-state index is 4.23. The Bertz CT molecular complexity index is 166. The quantitative estimate of drug-likeness (QED) is 0.555. The number of aryl methyl sites for hydroxylation is 3. The first kappa shape index (κ1) is 10.2. The third-order valence-corrected chi connectivity index (χ3v) is 1.23. The van der Waals surface area contributed by atoms with E-state index >= 15 is 0 Å². The summed E-state index contributed by atoms with van der Waals surface area (Å²) >= 11 is 0. The second-order valence-electron chi connectivity index (χ2n) is 2.43. The van der Waals surface area contributed by atoms with Gasteiger partial charge in [-0.25, -0.2) is 0 Å². The Balaban J connectivity index is 0.000000461. The minimum absolute atomic E-state index is 1.10. The molecular formula is C10H17N. The van der Waals surface area contributed by atoms with Gasteiger partial charge in [0.05, 0.1) is 0 Å². The molecule has 0 spiro atoms. The van der Waals surface area contributed by atoms with Crippen molar-refractivity contribution in [2.75, 3.05) is 0 Å². The molecule has 1 nitrogen and oxygen atoms in total. The Morgan fingerprint density at radius 3 is 1.55 bits per heavy atom. The number of aromatic nitrogens is 1. The minimum atomic E-state index is 1.10. The molecule has 0 fully saturated rings. The van der Waals surface area contributed by atoms with Gasteiger partial charge in [-0.3, -0.25) is 4.98 Å². The van der Waals surface area contributed by atoms with E-state index in [-0.39, 0.29) is 0 Å². The van der Waals surface area contributed by atoms with Crippen LogP contribution < -0.4 is 0 Å². The SMILES string of the molecule is CC.Cc1cc(C)nc(C)c1. The molecule has 0 saturated carbocycles. The summed E-state index contributed by atoms with van der Waals surface area (Å²) in [5, 5.41) is 0. The predicted molar refractivity (Wildman–Crippen MR) is 49.8 cm³/mol. The minimum Gasteiger partial charge on any atom is -0.258 e. The number of nitrogens with zero attached hydrogens (tertiary/aromatic N) is 1. The van der Waals surface area contributed by atoms with Gasteiger partial charge in [0.25, 0.3) is 0 Å². The summed E-state index contributed by atoms with van der Waals surface area (Å²) in [6.07, 6.45) is 0. The first-order valence-electron chi connectivity index (χ1n) is 4.10. The van der Waals surface area contributed by atoms with Gasteiger partial charge in [0.1, 0.15) is 0 Å². The van der Waals surface area contributed by atoms with Crippen molar-refractivity contribution in [3.63, 3.8) is 0 Å². The van der Waals surface area contributed by atoms with Crippen molar-refractivity contribution in [3.8, 4) is 0 Å². The van der Waals surface area contributed by atoms with Crippen LogP contribution in [-0.2, 0) is 0 Å². The molecule has 0 unspecified atom stereocenters. The largest absolute Gasteiger partial charge is 0.258 e. The summed E-state index contributed by atoms with van der Waals surface area (Å²) in [5.41, 5.74) is 3.50. The Kier molecular flexibility index (Phi) is 4.51. The van der Waals surface area contributed by atoms with Gasteiger partial charge in [0, 0.05) is 11.4 Å². The van der Waals surface area contributed by atoms with Crippen LogP contribution in [0.2, 0.25) is 0 Å². The van der Waals surface area contributed by atoms with Gasteiger partial charge in [-0.15, -0.1) is 0 Å². The molecule has 0 aliphatic rings. The highest BCUT2D eigenvalue weighted by Gasteiger charge is 1.88. The van der Waals surface area contributed by atoms with Gasteiger partial charge in [0.2, 0.25) is 0 Å². The monoisotopic (exact) mass is 151 g/mol. The lowest BCUT2D eigenvalue weighted by Gasteiger charge is -1.96. The van der Waals surface area contributed by atoms with Gasteiger partial charge >= 0.3 is 0 Å². The predicted octanol–water partition coefficient (Wildman–Crippen LogP) is 3.03. The summed E-state index contributed by atoms with van der Waals surface area (Å²) in [4.78, 5) is 4.23. The molecule has 0 aliphatic heterocycles. The van der Waals surface area contributed by atoms with Crippen molar-refractivity contribution in [2.45, 2.75) is 34.6 Å². The lowest BCUT2D eigenvalue weighted by atomic mass is 10.2. The van der Waals surface area contributed by atoms with E-state index in [4.69, 9.17) is 0 Å². The average molecular weight is 151 g/mol. The summed E-state index contributed by atoms with van der Waals surface area (Å²) in [6, 6.07) is 4.15. The van der Waals surface area contributed by atoms with E-state index in [2.05, 4.69) is 24.0 Å². The van der Waals surface area contributed by atoms with E-state index in [0.29, 0.717) is 0 Å². The molecular weight excluding hydrogens is 134 g/mol. The van der Waals surface area contributed by atoms with E-state index < -0.39 is 0 Å². The molecule has 1 rings (SSSR count). The van der Waals surface area contributed by atoms with E-state index in [1.54, 1.807) is 0 Å². The number of pyridine rings is 1. The average Bonchev–Trinajstić information content (AvgIpc) is 1.88. The summed E-state index contributed by atoms with van der Waals surface area (Å²) < 4.78 is 0. The van der Waals surface area contributed by atoms with Crippen molar-refractivity contribution in [2.24, 2.45) is 0 Å². The Morgan fingerprint density at radius 1 is 0.909 bits per heavy atom. The second-order valence-corrected chi connectivity index (χ2v) is 2.43. The number of rotatable bonds is 0. The van der Waals surface area contributed by atoms with Crippen molar-refractivity contribution in [1.82, 2.24) is 4.98 Å². The van der Waals surface area contributed by atoms with Crippen LogP contribution in [0, 0.1) is 20.8 Å². The van der Waals surface area contributed by atoms with Crippen LogP contribution in [-0.4, -0.2) is 4.98 Å². The standard InChI is InChI=1S/C8H11N.C2H6/c1-6-4-7(2)9-8(3)5-6;1-2/h4-5H,1-3H3;1-2H3. The maximum Gasteiger partial charge on any atom is 0.0378 e. The lowest BCUT2D eigenvalue weighted by Crippen LogP contribution is -1.85. The first-order chi connectivity index (χ1) is 5.18. The van der Waals surface area contributed by atoms with Crippen LogP contribution in [0.4, 0.5) is 0 Å². The highest BCUT2D eigenvalue weighted by molar-refractivity contribution is 5.18. The zero-order valence-electron chi connectivity index (χ0n) is 8.10. The van der Waals surface area contributed by atoms with Crippen LogP contribution in [0.3, 0.4) is 0 Å². The molecule has 0 aromatic carbocycles. The lowest BCUT2D eigenvalue weighted by molar-refractivity contribution is 1.10. The third kappa shape index (κ3) is 3.76. The Morgan fingerprint density at radius 2 is 1.27 bits per heavy atom. The molecule has 0 amide bonds. The molecule has 1 heteroatoms. The van der Waals surface area contributed by atoms with E-state index in [1.165, 1.54) is 5.56 Å². The van der Waals surface area contributed by atoms with E-state index in [9.17, 15) is 0 Å². The number of hydrogen-bond donors (Lipinski definition) is 0. The summed E-state index contributed by atoms with van der Waals surface area (Å²) in [6.45, 7) is 10.1. The van der Waals surface area contributed by atoms with Gasteiger partial charge in [-0.05, 0) is 38.5 Å². The summed E-state index contributed by atoms with van der Waals surface area (Å²) in [7, 11) is 0. The first-order valence-corrected chi connectivity index (χ1v) is 4.10.